The van der Waals surface area contributed by atoms with Crippen molar-refractivity contribution in [3.05, 3.63) is 60.8 Å². The van der Waals surface area contributed by atoms with Gasteiger partial charge in [0.05, 0.1) is 7.11 Å². The third kappa shape index (κ3) is 14.2. The van der Waals surface area contributed by atoms with Gasteiger partial charge in [0.15, 0.2) is 0 Å². The summed E-state index contributed by atoms with van der Waals surface area (Å²) in [6.07, 6.45) is 25.2. The highest BCUT2D eigenvalue weighted by atomic mass is 16.5. The van der Waals surface area contributed by atoms with E-state index in [2.05, 4.69) is 54.2 Å². The van der Waals surface area contributed by atoms with Crippen molar-refractivity contribution in [2.75, 3.05) is 7.11 Å². The molecule has 0 radical (unpaired) electrons. The fourth-order valence-electron chi connectivity index (χ4n) is 1.39. The average molecular weight is 274 g/mol. The predicted octanol–water partition coefficient (Wildman–Crippen LogP) is 4.91. The molecule has 0 amide bonds. The summed E-state index contributed by atoms with van der Waals surface area (Å²) >= 11 is 0. The maximum absolute atomic E-state index is 10.8. The molecule has 0 aliphatic rings. The van der Waals surface area contributed by atoms with Crippen molar-refractivity contribution in [3.63, 3.8) is 0 Å². The molecule has 0 aromatic carbocycles. The van der Waals surface area contributed by atoms with Gasteiger partial charge in [-0.1, -0.05) is 61.6 Å². The number of rotatable bonds is 10. The summed E-state index contributed by atoms with van der Waals surface area (Å²) in [6.45, 7) is 2.14. The van der Waals surface area contributed by atoms with Crippen LogP contribution in [0.2, 0.25) is 0 Å². The van der Waals surface area contributed by atoms with E-state index in [4.69, 9.17) is 0 Å². The van der Waals surface area contributed by atoms with Crippen molar-refractivity contribution in [1.29, 1.82) is 0 Å². The fourth-order valence-corrected chi connectivity index (χ4v) is 1.39. The molecule has 0 spiro atoms. The summed E-state index contributed by atoms with van der Waals surface area (Å²) in [5, 5.41) is 0. The number of ether oxygens (including phenoxy) is 1. The van der Waals surface area contributed by atoms with Gasteiger partial charge in [0.2, 0.25) is 0 Å². The standard InChI is InChI=1S/C18H26O2/c1-3-4-5-6-7-8-9-10-11-12-13-14-15-16-17-18(19)20-2/h4-5,7-8,10-11,13-14,16-17H,3,6,9,12,15H2,1-2H3/b5-4-,8-7-,11-10-,14-13-,17-16-. The molecule has 0 saturated carbocycles. The van der Waals surface area contributed by atoms with E-state index < -0.39 is 0 Å². The molecule has 0 atom stereocenters. The van der Waals surface area contributed by atoms with Crippen molar-refractivity contribution in [2.24, 2.45) is 0 Å². The lowest BCUT2D eigenvalue weighted by Crippen LogP contribution is -1.92. The van der Waals surface area contributed by atoms with Gasteiger partial charge in [-0.2, -0.15) is 0 Å². The topological polar surface area (TPSA) is 26.3 Å². The van der Waals surface area contributed by atoms with Crippen LogP contribution in [0, 0.1) is 0 Å². The van der Waals surface area contributed by atoms with E-state index in [-0.39, 0.29) is 5.97 Å². The largest absolute Gasteiger partial charge is 0.466 e. The van der Waals surface area contributed by atoms with E-state index in [1.807, 2.05) is 6.08 Å². The zero-order chi connectivity index (χ0) is 14.9. The zero-order valence-electron chi connectivity index (χ0n) is 12.6. The van der Waals surface area contributed by atoms with Gasteiger partial charge in [-0.05, 0) is 32.1 Å². The van der Waals surface area contributed by atoms with E-state index in [0.717, 1.165) is 32.1 Å². The molecular formula is C18H26O2. The zero-order valence-corrected chi connectivity index (χ0v) is 12.6. The van der Waals surface area contributed by atoms with Crippen LogP contribution in [0.5, 0.6) is 0 Å². The highest BCUT2D eigenvalue weighted by Gasteiger charge is 1.86. The molecule has 110 valence electrons. The van der Waals surface area contributed by atoms with Crippen LogP contribution >= 0.6 is 0 Å². The summed E-state index contributed by atoms with van der Waals surface area (Å²) in [6, 6.07) is 0. The Bertz CT molecular complexity index is 371. The van der Waals surface area contributed by atoms with E-state index in [1.54, 1.807) is 6.08 Å². The molecule has 0 rings (SSSR count). The molecule has 0 aromatic heterocycles. The summed E-state index contributed by atoms with van der Waals surface area (Å²) in [5.74, 6) is -0.307. The quantitative estimate of drug-likeness (QED) is 0.321. The predicted molar refractivity (Wildman–Crippen MR) is 86.5 cm³/mol. The SMILES string of the molecule is CC/C=C\C/C=C\C/C=C\C/C=C\C/C=C\C(=O)OC. The average Bonchev–Trinajstić information content (AvgIpc) is 2.47. The first-order chi connectivity index (χ1) is 9.81. The lowest BCUT2D eigenvalue weighted by molar-refractivity contribution is -0.134. The highest BCUT2D eigenvalue weighted by molar-refractivity contribution is 5.81. The Morgan fingerprint density at radius 3 is 1.55 bits per heavy atom. The van der Waals surface area contributed by atoms with Gasteiger partial charge in [-0.3, -0.25) is 0 Å². The molecule has 2 nitrogen and oxygen atoms in total. The number of hydrogen-bond donors (Lipinski definition) is 0. The van der Waals surface area contributed by atoms with Crippen LogP contribution in [-0.2, 0) is 9.53 Å². The Hall–Kier alpha value is -1.83. The minimum atomic E-state index is -0.307. The number of carbonyl (C=O) groups is 1. The van der Waals surface area contributed by atoms with Crippen LogP contribution in [0.15, 0.2) is 60.8 Å². The number of methoxy groups -OCH3 is 1. The highest BCUT2D eigenvalue weighted by Crippen LogP contribution is 1.95. The second kappa shape index (κ2) is 15.2. The smallest absolute Gasteiger partial charge is 0.330 e. The summed E-state index contributed by atoms with van der Waals surface area (Å²) in [4.78, 5) is 10.8. The Labute approximate surface area is 123 Å². The van der Waals surface area contributed by atoms with Crippen LogP contribution in [0.3, 0.4) is 0 Å². The maximum atomic E-state index is 10.8. The molecule has 0 aliphatic carbocycles. The first kappa shape index (κ1) is 18.2. The molecule has 0 aromatic rings. The van der Waals surface area contributed by atoms with Crippen LogP contribution in [0.25, 0.3) is 0 Å². The van der Waals surface area contributed by atoms with Gasteiger partial charge >= 0.3 is 5.97 Å². The molecular weight excluding hydrogens is 248 g/mol. The first-order valence-corrected chi connectivity index (χ1v) is 7.15. The lowest BCUT2D eigenvalue weighted by Gasteiger charge is -1.87. The third-order valence-electron chi connectivity index (χ3n) is 2.45. The monoisotopic (exact) mass is 274 g/mol. The van der Waals surface area contributed by atoms with Gasteiger partial charge < -0.3 is 4.74 Å². The first-order valence-electron chi connectivity index (χ1n) is 7.15. The van der Waals surface area contributed by atoms with E-state index >= 15 is 0 Å². The Kier molecular flexibility index (Phi) is 13.8. The molecule has 0 saturated heterocycles. The Morgan fingerprint density at radius 2 is 1.15 bits per heavy atom. The third-order valence-corrected chi connectivity index (χ3v) is 2.45. The lowest BCUT2D eigenvalue weighted by atomic mass is 10.2. The summed E-state index contributed by atoms with van der Waals surface area (Å²) < 4.78 is 4.49. The fraction of sp³-hybridized carbons (Fsp3) is 0.389. The maximum Gasteiger partial charge on any atom is 0.330 e. The van der Waals surface area contributed by atoms with Gasteiger partial charge in [0.25, 0.3) is 0 Å². The van der Waals surface area contributed by atoms with Crippen LogP contribution in [-0.4, -0.2) is 13.1 Å². The molecule has 0 unspecified atom stereocenters. The van der Waals surface area contributed by atoms with Crippen molar-refractivity contribution in [1.82, 2.24) is 0 Å². The summed E-state index contributed by atoms with van der Waals surface area (Å²) in [5.41, 5.74) is 0. The number of esters is 1. The van der Waals surface area contributed by atoms with Gasteiger partial charge in [-0.15, -0.1) is 0 Å². The van der Waals surface area contributed by atoms with Crippen LogP contribution in [0.4, 0.5) is 0 Å². The van der Waals surface area contributed by atoms with Gasteiger partial charge in [-0.25, -0.2) is 4.79 Å². The van der Waals surface area contributed by atoms with Crippen LogP contribution in [0.1, 0.15) is 39.0 Å². The normalized spacial score (nSPS) is 12.7. The van der Waals surface area contributed by atoms with Crippen molar-refractivity contribution < 1.29 is 9.53 Å². The van der Waals surface area contributed by atoms with Crippen molar-refractivity contribution >= 4 is 5.97 Å². The van der Waals surface area contributed by atoms with Gasteiger partial charge in [0.1, 0.15) is 0 Å². The number of hydrogen-bond acceptors (Lipinski definition) is 2. The molecule has 20 heavy (non-hydrogen) atoms. The second-order valence-electron chi connectivity index (χ2n) is 4.16. The second-order valence-corrected chi connectivity index (χ2v) is 4.16. The number of allylic oxidation sites excluding steroid dienone is 9. The molecule has 0 aliphatic heterocycles. The minimum absolute atomic E-state index is 0.307. The Morgan fingerprint density at radius 1 is 0.750 bits per heavy atom. The molecule has 0 heterocycles. The van der Waals surface area contributed by atoms with Crippen LogP contribution < -0.4 is 0 Å². The molecule has 2 heteroatoms. The van der Waals surface area contributed by atoms with Gasteiger partial charge in [0, 0.05) is 6.08 Å². The summed E-state index contributed by atoms with van der Waals surface area (Å²) in [7, 11) is 1.38. The Balaban J connectivity index is 3.54. The van der Waals surface area contributed by atoms with E-state index in [0.29, 0.717) is 0 Å². The number of carbonyl (C=O) groups excluding carboxylic acids is 1. The molecule has 0 bridgehead atoms. The van der Waals surface area contributed by atoms with E-state index in [9.17, 15) is 4.79 Å². The minimum Gasteiger partial charge on any atom is -0.466 e. The van der Waals surface area contributed by atoms with Crippen molar-refractivity contribution in [2.45, 2.75) is 39.0 Å². The van der Waals surface area contributed by atoms with Crippen molar-refractivity contribution in [3.8, 4) is 0 Å². The van der Waals surface area contributed by atoms with E-state index in [1.165, 1.54) is 13.2 Å². The molecule has 0 fully saturated rings. The molecule has 0 N–H and O–H groups in total.